The lowest BCUT2D eigenvalue weighted by molar-refractivity contribution is -0.384. The molecule has 8 heteroatoms. The van der Waals surface area contributed by atoms with Gasteiger partial charge in [0, 0.05) is 29.8 Å². The number of amides is 1. The van der Waals surface area contributed by atoms with Crippen LogP contribution >= 0.6 is 0 Å². The molecule has 0 spiro atoms. The van der Waals surface area contributed by atoms with Crippen LogP contribution < -0.4 is 5.32 Å². The summed E-state index contributed by atoms with van der Waals surface area (Å²) in [5.74, 6) is -0.319. The van der Waals surface area contributed by atoms with Crippen LogP contribution in [0, 0.1) is 24.0 Å². The van der Waals surface area contributed by atoms with Crippen LogP contribution in [0.1, 0.15) is 28.8 Å². The van der Waals surface area contributed by atoms with E-state index in [0.717, 1.165) is 5.69 Å². The number of fused-ring (bicyclic) bond motifs is 1. The molecule has 0 radical (unpaired) electrons. The van der Waals surface area contributed by atoms with Gasteiger partial charge in [-0.1, -0.05) is 0 Å². The molecule has 0 saturated heterocycles. The molecule has 0 aliphatic heterocycles. The number of hydrogen-bond acceptors (Lipinski definition) is 5. The minimum atomic E-state index is -0.472. The number of nitrogens with one attached hydrogen (secondary N) is 1. The Morgan fingerprint density at radius 1 is 1.24 bits per heavy atom. The lowest BCUT2D eigenvalue weighted by atomic mass is 10.1. The second kappa shape index (κ2) is 6.31. The van der Waals surface area contributed by atoms with Gasteiger partial charge >= 0.3 is 0 Å². The summed E-state index contributed by atoms with van der Waals surface area (Å²) in [5, 5.41) is 18.7. The molecule has 0 fully saturated rings. The summed E-state index contributed by atoms with van der Waals surface area (Å²) in [6.07, 6.45) is 0. The third kappa shape index (κ3) is 3.18. The highest BCUT2D eigenvalue weighted by Crippen LogP contribution is 2.27. The van der Waals surface area contributed by atoms with Gasteiger partial charge in [0.1, 0.15) is 5.69 Å². The molecule has 0 unspecified atom stereocenters. The van der Waals surface area contributed by atoms with E-state index in [2.05, 4.69) is 15.4 Å². The summed E-state index contributed by atoms with van der Waals surface area (Å²) in [7, 11) is 0. The number of carbonyl (C=O) groups excluding carboxylic acids is 1. The van der Waals surface area contributed by atoms with Gasteiger partial charge < -0.3 is 5.32 Å². The molecule has 1 N–H and O–H groups in total. The largest absolute Gasteiger partial charge is 0.320 e. The predicted molar refractivity (Wildman–Crippen MR) is 93.7 cm³/mol. The van der Waals surface area contributed by atoms with E-state index >= 15 is 0 Å². The molecule has 3 rings (SSSR count). The SMILES string of the molecule is CCn1nc(C)cc1C(=O)Nc1cc(C)nc2ccc([N+](=O)[O-])cc12. The Hall–Kier alpha value is -3.29. The number of anilines is 1. The van der Waals surface area contributed by atoms with Crippen molar-refractivity contribution in [2.45, 2.75) is 27.3 Å². The molecule has 0 atom stereocenters. The van der Waals surface area contributed by atoms with Crippen LogP contribution in [-0.2, 0) is 6.54 Å². The molecule has 1 aromatic carbocycles. The quantitative estimate of drug-likeness (QED) is 0.580. The number of hydrogen-bond donors (Lipinski definition) is 1. The van der Waals surface area contributed by atoms with E-state index in [4.69, 9.17) is 0 Å². The topological polar surface area (TPSA) is 103 Å². The first-order valence-corrected chi connectivity index (χ1v) is 7.80. The zero-order valence-electron chi connectivity index (χ0n) is 14.1. The van der Waals surface area contributed by atoms with Gasteiger partial charge in [0.15, 0.2) is 0 Å². The number of aryl methyl sites for hydroxylation is 3. The maximum atomic E-state index is 12.7. The molecule has 0 aliphatic carbocycles. The highest BCUT2D eigenvalue weighted by atomic mass is 16.6. The van der Waals surface area contributed by atoms with Crippen molar-refractivity contribution in [3.05, 3.63) is 57.5 Å². The lowest BCUT2D eigenvalue weighted by Crippen LogP contribution is -2.17. The van der Waals surface area contributed by atoms with E-state index in [-0.39, 0.29) is 11.6 Å². The van der Waals surface area contributed by atoms with Crippen molar-refractivity contribution < 1.29 is 9.72 Å². The number of benzene rings is 1. The van der Waals surface area contributed by atoms with Gasteiger partial charge in [-0.3, -0.25) is 24.6 Å². The lowest BCUT2D eigenvalue weighted by Gasteiger charge is -2.10. The Balaban J connectivity index is 2.06. The Kier molecular flexibility index (Phi) is 4.18. The third-order valence-corrected chi connectivity index (χ3v) is 3.81. The number of rotatable bonds is 4. The van der Waals surface area contributed by atoms with Crippen LogP contribution in [-0.4, -0.2) is 25.6 Å². The molecule has 0 aliphatic rings. The van der Waals surface area contributed by atoms with Gasteiger partial charge in [0.05, 0.1) is 21.8 Å². The summed E-state index contributed by atoms with van der Waals surface area (Å²) in [6, 6.07) is 7.80. The Bertz CT molecular complexity index is 993. The highest BCUT2D eigenvalue weighted by molar-refractivity contribution is 6.08. The third-order valence-electron chi connectivity index (χ3n) is 3.81. The number of pyridine rings is 1. The molecule has 0 bridgehead atoms. The smallest absolute Gasteiger partial charge is 0.273 e. The number of nitro groups is 1. The molecule has 128 valence electrons. The second-order valence-corrected chi connectivity index (χ2v) is 5.71. The van der Waals surface area contributed by atoms with Gasteiger partial charge in [-0.15, -0.1) is 0 Å². The molecular weight excluding hydrogens is 322 g/mol. The van der Waals surface area contributed by atoms with Crippen molar-refractivity contribution in [1.82, 2.24) is 14.8 Å². The van der Waals surface area contributed by atoms with Crippen LogP contribution in [0.2, 0.25) is 0 Å². The first-order chi connectivity index (χ1) is 11.9. The molecule has 1 amide bonds. The summed E-state index contributed by atoms with van der Waals surface area (Å²) >= 11 is 0. The first-order valence-electron chi connectivity index (χ1n) is 7.80. The summed E-state index contributed by atoms with van der Waals surface area (Å²) in [6.45, 7) is 6.09. The maximum Gasteiger partial charge on any atom is 0.273 e. The molecule has 8 nitrogen and oxygen atoms in total. The van der Waals surface area contributed by atoms with Crippen LogP contribution in [0.4, 0.5) is 11.4 Å². The van der Waals surface area contributed by atoms with Crippen molar-refractivity contribution in [3.63, 3.8) is 0 Å². The second-order valence-electron chi connectivity index (χ2n) is 5.71. The van der Waals surface area contributed by atoms with Crippen LogP contribution in [0.3, 0.4) is 0 Å². The van der Waals surface area contributed by atoms with Crippen molar-refractivity contribution in [2.24, 2.45) is 0 Å². The number of nitro benzene ring substituents is 1. The van der Waals surface area contributed by atoms with E-state index in [9.17, 15) is 14.9 Å². The minimum Gasteiger partial charge on any atom is -0.320 e. The Morgan fingerprint density at radius 3 is 2.68 bits per heavy atom. The van der Waals surface area contributed by atoms with Crippen molar-refractivity contribution in [1.29, 1.82) is 0 Å². The van der Waals surface area contributed by atoms with E-state index in [1.165, 1.54) is 12.1 Å². The number of carbonyl (C=O) groups is 1. The van der Waals surface area contributed by atoms with Gasteiger partial charge in [-0.25, -0.2) is 0 Å². The minimum absolute atomic E-state index is 0.0527. The fourth-order valence-electron chi connectivity index (χ4n) is 2.72. The van der Waals surface area contributed by atoms with Gasteiger partial charge in [-0.2, -0.15) is 5.10 Å². The van der Waals surface area contributed by atoms with Gasteiger partial charge in [-0.05, 0) is 39.0 Å². The summed E-state index contributed by atoms with van der Waals surface area (Å²) in [5.41, 5.74) is 2.91. The molecule has 25 heavy (non-hydrogen) atoms. The van der Waals surface area contributed by atoms with Gasteiger partial charge in [0.2, 0.25) is 0 Å². The Morgan fingerprint density at radius 2 is 2.00 bits per heavy atom. The molecule has 3 aromatic rings. The van der Waals surface area contributed by atoms with E-state index in [1.54, 1.807) is 29.8 Å². The zero-order valence-corrected chi connectivity index (χ0v) is 14.1. The average molecular weight is 339 g/mol. The average Bonchev–Trinajstić information content (AvgIpc) is 2.95. The monoisotopic (exact) mass is 339 g/mol. The number of aromatic nitrogens is 3. The molecular formula is C17H17N5O3. The zero-order chi connectivity index (χ0) is 18.1. The normalized spacial score (nSPS) is 10.8. The number of non-ortho nitro benzene ring substituents is 1. The molecule has 0 saturated carbocycles. The van der Waals surface area contributed by atoms with E-state index in [1.807, 2.05) is 13.8 Å². The fraction of sp³-hybridized carbons (Fsp3) is 0.235. The van der Waals surface area contributed by atoms with E-state index < -0.39 is 4.92 Å². The van der Waals surface area contributed by atoms with Crippen molar-refractivity contribution >= 4 is 28.2 Å². The standard InChI is InChI=1S/C17H17N5O3/c1-4-21-16(8-11(3)20-21)17(23)19-15-7-10(2)18-14-6-5-12(22(24)25)9-13(14)15/h5-9H,4H2,1-3H3,(H,18,19,23). The fourth-order valence-corrected chi connectivity index (χ4v) is 2.72. The first kappa shape index (κ1) is 16.6. The highest BCUT2D eigenvalue weighted by Gasteiger charge is 2.16. The summed E-state index contributed by atoms with van der Waals surface area (Å²) in [4.78, 5) is 27.6. The van der Waals surface area contributed by atoms with Crippen molar-refractivity contribution in [2.75, 3.05) is 5.32 Å². The van der Waals surface area contributed by atoms with E-state index in [0.29, 0.717) is 34.5 Å². The molecule has 2 heterocycles. The van der Waals surface area contributed by atoms with Crippen LogP contribution in [0.15, 0.2) is 30.3 Å². The predicted octanol–water partition coefficient (Wildman–Crippen LogP) is 3.23. The van der Waals surface area contributed by atoms with Gasteiger partial charge in [0.25, 0.3) is 11.6 Å². The molecule has 2 aromatic heterocycles. The number of nitrogens with zero attached hydrogens (tertiary/aromatic N) is 4. The Labute approximate surface area is 143 Å². The van der Waals surface area contributed by atoms with Crippen LogP contribution in [0.25, 0.3) is 10.9 Å². The van der Waals surface area contributed by atoms with Crippen LogP contribution in [0.5, 0.6) is 0 Å². The maximum absolute atomic E-state index is 12.7. The van der Waals surface area contributed by atoms with Crippen molar-refractivity contribution in [3.8, 4) is 0 Å². The summed E-state index contributed by atoms with van der Waals surface area (Å²) < 4.78 is 1.61.